The Labute approximate surface area is 190 Å². The first-order valence-corrected chi connectivity index (χ1v) is 10.9. The molecule has 0 unspecified atom stereocenters. The molecule has 0 saturated carbocycles. The summed E-state index contributed by atoms with van der Waals surface area (Å²) >= 11 is 0. The smallest absolute Gasteiger partial charge is 0.408 e. The van der Waals surface area contributed by atoms with Crippen molar-refractivity contribution in [3.05, 3.63) is 70.8 Å². The van der Waals surface area contributed by atoms with Crippen LogP contribution in [-0.2, 0) is 11.3 Å². The van der Waals surface area contributed by atoms with Gasteiger partial charge in [-0.2, -0.15) is 4.98 Å². The second-order valence-corrected chi connectivity index (χ2v) is 8.06. The number of aromatic nitrogens is 3. The Kier molecular flexibility index (Phi) is 5.52. The number of aryl methyl sites for hydroxylation is 1. The molecule has 0 bridgehead atoms. The monoisotopic (exact) mass is 444 g/mol. The van der Waals surface area contributed by atoms with Crippen LogP contribution in [0.15, 0.2) is 63.8 Å². The summed E-state index contributed by atoms with van der Waals surface area (Å²) in [5.74, 6) is 0.610. The number of nitrogens with one attached hydrogen (secondary N) is 2. The van der Waals surface area contributed by atoms with E-state index in [9.17, 15) is 9.59 Å². The lowest BCUT2D eigenvalue weighted by Crippen LogP contribution is -2.24. The van der Waals surface area contributed by atoms with Crippen molar-refractivity contribution in [1.29, 1.82) is 0 Å². The number of oxazole rings is 1. The maximum absolute atomic E-state index is 12.5. The molecule has 0 radical (unpaired) electrons. The van der Waals surface area contributed by atoms with Crippen LogP contribution in [-0.4, -0.2) is 33.5 Å². The number of hydrogen-bond acceptors (Lipinski definition) is 7. The summed E-state index contributed by atoms with van der Waals surface area (Å²) in [4.78, 5) is 36.0. The van der Waals surface area contributed by atoms with Crippen LogP contribution in [0.25, 0.3) is 11.1 Å². The standard InChI is InChI=1S/C24H24N6O3/c1-16-14-21(28-23(25-16)29-12-4-5-13-29)26-17-8-10-18(11-9-17)27-22(31)15-30-19-6-2-3-7-20(19)33-24(30)32/h2-3,6-11,14H,4-5,12-13,15H2,1H3,(H,27,31)(H,25,26,28). The molecular weight excluding hydrogens is 420 g/mol. The molecule has 9 nitrogen and oxygen atoms in total. The Bertz CT molecular complexity index is 1350. The van der Waals surface area contributed by atoms with E-state index in [-0.39, 0.29) is 12.5 Å². The highest BCUT2D eigenvalue weighted by atomic mass is 16.4. The zero-order chi connectivity index (χ0) is 22.8. The fraction of sp³-hybridized carbons (Fsp3) is 0.250. The molecule has 168 valence electrons. The van der Waals surface area contributed by atoms with Crippen molar-refractivity contribution in [2.75, 3.05) is 28.6 Å². The first-order valence-electron chi connectivity index (χ1n) is 10.9. The second kappa shape index (κ2) is 8.78. The number of carbonyl (C=O) groups is 1. The van der Waals surface area contributed by atoms with Crippen molar-refractivity contribution >= 4 is 40.1 Å². The van der Waals surface area contributed by atoms with Gasteiger partial charge in [0.05, 0.1) is 5.52 Å². The molecule has 9 heteroatoms. The molecule has 4 aromatic rings. The van der Waals surface area contributed by atoms with Crippen LogP contribution in [0.3, 0.4) is 0 Å². The van der Waals surface area contributed by atoms with Gasteiger partial charge in [0.1, 0.15) is 12.4 Å². The average molecular weight is 444 g/mol. The number of carbonyl (C=O) groups excluding carboxylic acids is 1. The minimum atomic E-state index is -0.556. The number of anilines is 4. The van der Waals surface area contributed by atoms with Gasteiger partial charge in [0.2, 0.25) is 11.9 Å². The molecule has 1 aliphatic heterocycles. The van der Waals surface area contributed by atoms with Gasteiger partial charge in [0, 0.05) is 36.2 Å². The van der Waals surface area contributed by atoms with E-state index in [2.05, 4.69) is 25.5 Å². The Morgan fingerprint density at radius 3 is 2.55 bits per heavy atom. The molecule has 0 aliphatic carbocycles. The molecule has 1 saturated heterocycles. The lowest BCUT2D eigenvalue weighted by molar-refractivity contribution is -0.116. The molecule has 0 spiro atoms. The molecule has 5 rings (SSSR count). The predicted molar refractivity (Wildman–Crippen MR) is 127 cm³/mol. The summed E-state index contributed by atoms with van der Waals surface area (Å²) in [6.07, 6.45) is 2.33. The second-order valence-electron chi connectivity index (χ2n) is 8.06. The van der Waals surface area contributed by atoms with E-state index in [1.54, 1.807) is 36.4 Å². The highest BCUT2D eigenvalue weighted by Crippen LogP contribution is 2.22. The van der Waals surface area contributed by atoms with Crippen molar-refractivity contribution in [3.63, 3.8) is 0 Å². The lowest BCUT2D eigenvalue weighted by atomic mass is 10.2. The third-order valence-corrected chi connectivity index (χ3v) is 5.55. The minimum Gasteiger partial charge on any atom is -0.408 e. The van der Waals surface area contributed by atoms with Gasteiger partial charge < -0.3 is 20.0 Å². The normalized spacial score (nSPS) is 13.4. The van der Waals surface area contributed by atoms with Gasteiger partial charge >= 0.3 is 5.76 Å². The highest BCUT2D eigenvalue weighted by molar-refractivity contribution is 5.91. The molecule has 1 fully saturated rings. The number of fused-ring (bicyclic) bond motifs is 1. The van der Waals surface area contributed by atoms with Gasteiger partial charge in [0.25, 0.3) is 0 Å². The summed E-state index contributed by atoms with van der Waals surface area (Å²) in [5, 5.41) is 6.12. The van der Waals surface area contributed by atoms with Gasteiger partial charge in [-0.1, -0.05) is 12.1 Å². The fourth-order valence-electron chi connectivity index (χ4n) is 3.97. The Balaban J connectivity index is 1.25. The summed E-state index contributed by atoms with van der Waals surface area (Å²) in [6, 6.07) is 16.2. The van der Waals surface area contributed by atoms with E-state index in [0.29, 0.717) is 16.8 Å². The molecule has 0 atom stereocenters. The molecule has 33 heavy (non-hydrogen) atoms. The SMILES string of the molecule is Cc1cc(Nc2ccc(NC(=O)Cn3c(=O)oc4ccccc43)cc2)nc(N2CCCC2)n1. The van der Waals surface area contributed by atoms with Gasteiger partial charge in [-0.15, -0.1) is 0 Å². The molecule has 2 aromatic heterocycles. The first-order chi connectivity index (χ1) is 16.0. The van der Waals surface area contributed by atoms with E-state index >= 15 is 0 Å². The largest absolute Gasteiger partial charge is 0.420 e. The fourth-order valence-corrected chi connectivity index (χ4v) is 3.97. The third kappa shape index (κ3) is 4.57. The van der Waals surface area contributed by atoms with E-state index < -0.39 is 5.76 Å². The Morgan fingerprint density at radius 2 is 1.76 bits per heavy atom. The predicted octanol–water partition coefficient (Wildman–Crippen LogP) is 3.68. The third-order valence-electron chi connectivity index (χ3n) is 5.55. The van der Waals surface area contributed by atoms with Crippen LogP contribution >= 0.6 is 0 Å². The number of hydrogen-bond donors (Lipinski definition) is 2. The number of nitrogens with zero attached hydrogens (tertiary/aromatic N) is 4. The molecule has 1 amide bonds. The molecule has 3 heterocycles. The molecule has 1 aliphatic rings. The van der Waals surface area contributed by atoms with Crippen molar-refractivity contribution in [3.8, 4) is 0 Å². The summed E-state index contributed by atoms with van der Waals surface area (Å²) in [7, 11) is 0. The van der Waals surface area contributed by atoms with Crippen molar-refractivity contribution < 1.29 is 9.21 Å². The Morgan fingerprint density at radius 1 is 1.03 bits per heavy atom. The van der Waals surface area contributed by atoms with Crippen LogP contribution in [0.4, 0.5) is 23.1 Å². The van der Waals surface area contributed by atoms with E-state index in [1.807, 2.05) is 25.1 Å². The maximum Gasteiger partial charge on any atom is 0.420 e. The maximum atomic E-state index is 12.5. The zero-order valence-corrected chi connectivity index (χ0v) is 18.2. The topological polar surface area (TPSA) is 105 Å². The highest BCUT2D eigenvalue weighted by Gasteiger charge is 2.16. The van der Waals surface area contributed by atoms with Crippen molar-refractivity contribution in [2.45, 2.75) is 26.3 Å². The zero-order valence-electron chi connectivity index (χ0n) is 18.2. The number of rotatable bonds is 6. The summed E-state index contributed by atoms with van der Waals surface area (Å²) in [6.45, 7) is 3.80. The summed E-state index contributed by atoms with van der Waals surface area (Å²) in [5.41, 5.74) is 3.42. The first kappa shape index (κ1) is 20.7. The number of benzene rings is 2. The van der Waals surface area contributed by atoms with Crippen LogP contribution in [0.2, 0.25) is 0 Å². The van der Waals surface area contributed by atoms with Crippen LogP contribution in [0, 0.1) is 6.92 Å². The average Bonchev–Trinajstić information content (AvgIpc) is 3.44. The quantitative estimate of drug-likeness (QED) is 0.467. The van der Waals surface area contributed by atoms with Crippen LogP contribution in [0.5, 0.6) is 0 Å². The van der Waals surface area contributed by atoms with Gasteiger partial charge in [-0.05, 0) is 56.2 Å². The molecular formula is C24H24N6O3. The number of amides is 1. The Hall–Kier alpha value is -4.14. The van der Waals surface area contributed by atoms with Gasteiger partial charge in [-0.3, -0.25) is 9.36 Å². The minimum absolute atomic E-state index is 0.130. The van der Waals surface area contributed by atoms with Crippen molar-refractivity contribution in [1.82, 2.24) is 14.5 Å². The van der Waals surface area contributed by atoms with E-state index in [4.69, 9.17) is 4.42 Å². The lowest BCUT2D eigenvalue weighted by Gasteiger charge is -2.17. The van der Waals surface area contributed by atoms with Gasteiger partial charge in [-0.25, -0.2) is 9.78 Å². The van der Waals surface area contributed by atoms with Crippen molar-refractivity contribution in [2.24, 2.45) is 0 Å². The summed E-state index contributed by atoms with van der Waals surface area (Å²) < 4.78 is 6.49. The molecule has 2 N–H and O–H groups in total. The molecule has 2 aromatic carbocycles. The number of para-hydroxylation sites is 2. The van der Waals surface area contributed by atoms with Gasteiger partial charge in [0.15, 0.2) is 5.58 Å². The van der Waals surface area contributed by atoms with Crippen LogP contribution in [0.1, 0.15) is 18.5 Å². The van der Waals surface area contributed by atoms with Crippen LogP contribution < -0.4 is 21.3 Å². The van der Waals surface area contributed by atoms with E-state index in [1.165, 1.54) is 17.4 Å². The van der Waals surface area contributed by atoms with E-state index in [0.717, 1.165) is 36.2 Å².